The molecule has 0 fully saturated rings. The summed E-state index contributed by atoms with van der Waals surface area (Å²) in [6.07, 6.45) is 1.86. The SMILES string of the molecule is CC(C)c1ncc2ncsc2c1I. The standard InChI is InChI=1S/C9H9IN2S/c1-5(2)8-7(10)9-6(3-11-8)12-4-13-9/h3-5H,1-2H3. The monoisotopic (exact) mass is 304 g/mol. The van der Waals surface area contributed by atoms with Crippen molar-refractivity contribution < 1.29 is 0 Å². The number of fused-ring (bicyclic) bond motifs is 1. The van der Waals surface area contributed by atoms with Crippen LogP contribution in [-0.4, -0.2) is 9.97 Å². The molecule has 0 aliphatic carbocycles. The molecule has 2 heterocycles. The Morgan fingerprint density at radius 3 is 2.85 bits per heavy atom. The van der Waals surface area contributed by atoms with Gasteiger partial charge in [-0.3, -0.25) is 4.98 Å². The molecule has 4 heteroatoms. The number of halogens is 1. The lowest BCUT2D eigenvalue weighted by atomic mass is 10.1. The summed E-state index contributed by atoms with van der Waals surface area (Å²) in [7, 11) is 0. The van der Waals surface area contributed by atoms with Crippen LogP contribution in [0.5, 0.6) is 0 Å². The van der Waals surface area contributed by atoms with Crippen molar-refractivity contribution in [2.24, 2.45) is 0 Å². The van der Waals surface area contributed by atoms with Gasteiger partial charge in [0.05, 0.1) is 25.7 Å². The van der Waals surface area contributed by atoms with Crippen molar-refractivity contribution in [1.82, 2.24) is 9.97 Å². The maximum absolute atomic E-state index is 4.41. The Labute approximate surface area is 94.5 Å². The highest BCUT2D eigenvalue weighted by atomic mass is 127. The predicted molar refractivity (Wildman–Crippen MR) is 64.2 cm³/mol. The fourth-order valence-electron chi connectivity index (χ4n) is 1.22. The van der Waals surface area contributed by atoms with E-state index in [0.717, 1.165) is 5.52 Å². The number of aromatic nitrogens is 2. The Morgan fingerprint density at radius 2 is 2.15 bits per heavy atom. The van der Waals surface area contributed by atoms with Gasteiger partial charge in [-0.2, -0.15) is 0 Å². The first-order valence-corrected chi connectivity index (χ1v) is 6.03. The van der Waals surface area contributed by atoms with Gasteiger partial charge >= 0.3 is 0 Å². The summed E-state index contributed by atoms with van der Waals surface area (Å²) in [5.41, 5.74) is 4.06. The molecule has 0 saturated heterocycles. The molecule has 0 radical (unpaired) electrons. The summed E-state index contributed by atoms with van der Waals surface area (Å²) in [6.45, 7) is 4.33. The fourth-order valence-corrected chi connectivity index (χ4v) is 3.34. The third-order valence-corrected chi connectivity index (χ3v) is 4.21. The molecule has 0 unspecified atom stereocenters. The first-order chi connectivity index (χ1) is 6.20. The maximum Gasteiger partial charge on any atom is 0.101 e. The first kappa shape index (κ1) is 9.33. The molecule has 2 nitrogen and oxygen atoms in total. The van der Waals surface area contributed by atoms with Gasteiger partial charge < -0.3 is 0 Å². The van der Waals surface area contributed by atoms with Crippen LogP contribution in [0.3, 0.4) is 0 Å². The van der Waals surface area contributed by atoms with E-state index < -0.39 is 0 Å². The topological polar surface area (TPSA) is 25.8 Å². The average molecular weight is 304 g/mol. The van der Waals surface area contributed by atoms with Gasteiger partial charge in [-0.15, -0.1) is 11.3 Å². The molecule has 0 spiro atoms. The van der Waals surface area contributed by atoms with Crippen LogP contribution in [-0.2, 0) is 0 Å². The molecule has 0 N–H and O–H groups in total. The molecule has 0 aromatic carbocycles. The summed E-state index contributed by atoms with van der Waals surface area (Å²) in [4.78, 5) is 8.65. The second kappa shape index (κ2) is 3.49. The number of hydrogen-bond acceptors (Lipinski definition) is 3. The molecule has 0 aliphatic heterocycles. The molecule has 0 aliphatic rings. The van der Waals surface area contributed by atoms with Gasteiger partial charge in [-0.25, -0.2) is 4.98 Å². The first-order valence-electron chi connectivity index (χ1n) is 4.07. The summed E-state index contributed by atoms with van der Waals surface area (Å²) in [5.74, 6) is 0.485. The molecule has 2 aromatic rings. The zero-order valence-corrected chi connectivity index (χ0v) is 10.4. The van der Waals surface area contributed by atoms with E-state index in [1.165, 1.54) is 14.0 Å². The third kappa shape index (κ3) is 1.57. The van der Waals surface area contributed by atoms with Crippen LogP contribution < -0.4 is 0 Å². The molecule has 0 amide bonds. The van der Waals surface area contributed by atoms with E-state index in [1.54, 1.807) is 11.3 Å². The quantitative estimate of drug-likeness (QED) is 0.755. The molecular formula is C9H9IN2S. The van der Waals surface area contributed by atoms with Crippen LogP contribution in [0.15, 0.2) is 11.7 Å². The highest BCUT2D eigenvalue weighted by Crippen LogP contribution is 2.28. The smallest absolute Gasteiger partial charge is 0.101 e. The van der Waals surface area contributed by atoms with E-state index in [1.807, 2.05) is 11.7 Å². The van der Waals surface area contributed by atoms with Crippen molar-refractivity contribution >= 4 is 44.1 Å². The van der Waals surface area contributed by atoms with Gasteiger partial charge in [0.2, 0.25) is 0 Å². The second-order valence-corrected chi connectivity index (χ2v) is 5.11. The fraction of sp³-hybridized carbons (Fsp3) is 0.333. The van der Waals surface area contributed by atoms with Crippen molar-refractivity contribution in [2.75, 3.05) is 0 Å². The molecule has 2 rings (SSSR count). The van der Waals surface area contributed by atoms with E-state index in [0.29, 0.717) is 5.92 Å². The Bertz CT molecular complexity index is 436. The minimum atomic E-state index is 0.485. The van der Waals surface area contributed by atoms with Crippen molar-refractivity contribution in [3.8, 4) is 0 Å². The van der Waals surface area contributed by atoms with Crippen molar-refractivity contribution in [2.45, 2.75) is 19.8 Å². The molecule has 2 aromatic heterocycles. The van der Waals surface area contributed by atoms with Crippen molar-refractivity contribution in [3.63, 3.8) is 0 Å². The minimum absolute atomic E-state index is 0.485. The molecule has 0 bridgehead atoms. The average Bonchev–Trinajstić information content (AvgIpc) is 2.52. The maximum atomic E-state index is 4.41. The van der Waals surface area contributed by atoms with E-state index >= 15 is 0 Å². The lowest BCUT2D eigenvalue weighted by molar-refractivity contribution is 0.819. The van der Waals surface area contributed by atoms with Crippen LogP contribution in [0.1, 0.15) is 25.5 Å². The van der Waals surface area contributed by atoms with E-state index in [4.69, 9.17) is 0 Å². The van der Waals surface area contributed by atoms with E-state index in [9.17, 15) is 0 Å². The Kier molecular flexibility index (Phi) is 2.51. The lowest BCUT2D eigenvalue weighted by Gasteiger charge is -2.06. The number of thiazole rings is 1. The van der Waals surface area contributed by atoms with Crippen LogP contribution >= 0.6 is 33.9 Å². The van der Waals surface area contributed by atoms with E-state index in [-0.39, 0.29) is 0 Å². The van der Waals surface area contributed by atoms with Gasteiger partial charge in [0.15, 0.2) is 0 Å². The van der Waals surface area contributed by atoms with Crippen LogP contribution in [0.25, 0.3) is 10.2 Å². The van der Waals surface area contributed by atoms with Crippen molar-refractivity contribution in [1.29, 1.82) is 0 Å². The van der Waals surface area contributed by atoms with Crippen LogP contribution in [0.2, 0.25) is 0 Å². The summed E-state index contributed by atoms with van der Waals surface area (Å²) in [5, 5.41) is 0. The zero-order chi connectivity index (χ0) is 9.42. The Morgan fingerprint density at radius 1 is 1.38 bits per heavy atom. The number of pyridine rings is 1. The van der Waals surface area contributed by atoms with Gasteiger partial charge in [-0.1, -0.05) is 13.8 Å². The molecule has 0 saturated carbocycles. The highest BCUT2D eigenvalue weighted by Gasteiger charge is 2.10. The summed E-state index contributed by atoms with van der Waals surface area (Å²) >= 11 is 4.05. The number of nitrogens with zero attached hydrogens (tertiary/aromatic N) is 2. The van der Waals surface area contributed by atoms with Crippen LogP contribution in [0.4, 0.5) is 0 Å². The normalized spacial score (nSPS) is 11.4. The molecule has 0 atom stereocenters. The van der Waals surface area contributed by atoms with Crippen LogP contribution in [0, 0.1) is 3.57 Å². The molecule has 68 valence electrons. The van der Waals surface area contributed by atoms with Gasteiger partial charge in [0.1, 0.15) is 5.52 Å². The number of rotatable bonds is 1. The third-order valence-electron chi connectivity index (χ3n) is 1.89. The molecular weight excluding hydrogens is 295 g/mol. The predicted octanol–water partition coefficient (Wildman–Crippen LogP) is 3.42. The lowest BCUT2D eigenvalue weighted by Crippen LogP contribution is -1.95. The zero-order valence-electron chi connectivity index (χ0n) is 7.41. The van der Waals surface area contributed by atoms with Gasteiger partial charge in [0, 0.05) is 0 Å². The minimum Gasteiger partial charge on any atom is -0.258 e. The van der Waals surface area contributed by atoms with Gasteiger partial charge in [0.25, 0.3) is 0 Å². The van der Waals surface area contributed by atoms with Crippen molar-refractivity contribution in [3.05, 3.63) is 21.0 Å². The largest absolute Gasteiger partial charge is 0.258 e. The Balaban J connectivity index is 2.73. The summed E-state index contributed by atoms with van der Waals surface area (Å²) in [6, 6.07) is 0. The molecule has 13 heavy (non-hydrogen) atoms. The summed E-state index contributed by atoms with van der Waals surface area (Å²) < 4.78 is 2.52. The second-order valence-electron chi connectivity index (χ2n) is 3.18. The van der Waals surface area contributed by atoms with E-state index in [2.05, 4.69) is 46.4 Å². The Hall–Kier alpha value is -0.230. The van der Waals surface area contributed by atoms with Gasteiger partial charge in [-0.05, 0) is 28.5 Å². The number of hydrogen-bond donors (Lipinski definition) is 0. The highest BCUT2D eigenvalue weighted by molar-refractivity contribution is 14.1.